The summed E-state index contributed by atoms with van der Waals surface area (Å²) in [5.74, 6) is -0.377. The lowest BCUT2D eigenvalue weighted by atomic mass is 10.1. The lowest BCUT2D eigenvalue weighted by Gasteiger charge is -2.22. The van der Waals surface area contributed by atoms with E-state index in [4.69, 9.17) is 11.6 Å². The molecule has 0 atom stereocenters. The van der Waals surface area contributed by atoms with Crippen molar-refractivity contribution in [2.75, 3.05) is 4.90 Å². The Kier molecular flexibility index (Phi) is 4.95. The number of anilines is 2. The summed E-state index contributed by atoms with van der Waals surface area (Å²) in [6, 6.07) is 22.0. The number of hydrogen-bond acceptors (Lipinski definition) is 2. The predicted molar refractivity (Wildman–Crippen MR) is 117 cm³/mol. The number of carbonyl (C=O) groups is 2. The Morgan fingerprint density at radius 2 is 1.62 bits per heavy atom. The number of amides is 1. The number of hydrogen-bond donors (Lipinski definition) is 1. The van der Waals surface area contributed by atoms with Gasteiger partial charge in [0.1, 0.15) is 5.69 Å². The average Bonchev–Trinajstić information content (AvgIpc) is 3.07. The SMILES string of the molecule is CC(=O)N(c1ccc(C)cc1)c1c(C(=O)c2ccccc2)[nH]c2cc(Cl)ccc12. The number of nitrogens with one attached hydrogen (secondary N) is 1. The Balaban J connectivity index is 1.99. The Bertz CT molecular complexity index is 1210. The highest BCUT2D eigenvalue weighted by molar-refractivity contribution is 6.31. The number of aromatic nitrogens is 1. The van der Waals surface area contributed by atoms with Gasteiger partial charge >= 0.3 is 0 Å². The lowest BCUT2D eigenvalue weighted by molar-refractivity contribution is -0.115. The van der Waals surface area contributed by atoms with E-state index in [0.717, 1.165) is 10.9 Å². The minimum absolute atomic E-state index is 0.188. The first kappa shape index (κ1) is 19.0. The van der Waals surface area contributed by atoms with Crippen molar-refractivity contribution in [1.82, 2.24) is 4.98 Å². The summed E-state index contributed by atoms with van der Waals surface area (Å²) in [7, 11) is 0. The van der Waals surface area contributed by atoms with Crippen LogP contribution in [0.15, 0.2) is 72.8 Å². The summed E-state index contributed by atoms with van der Waals surface area (Å²) in [6.07, 6.45) is 0. The Labute approximate surface area is 173 Å². The number of rotatable bonds is 4. The maximum Gasteiger partial charge on any atom is 0.228 e. The minimum Gasteiger partial charge on any atom is -0.350 e. The van der Waals surface area contributed by atoms with E-state index in [1.807, 2.05) is 55.5 Å². The monoisotopic (exact) mass is 402 g/mol. The van der Waals surface area contributed by atoms with Crippen LogP contribution in [-0.2, 0) is 4.79 Å². The fourth-order valence-electron chi connectivity index (χ4n) is 3.45. The summed E-state index contributed by atoms with van der Waals surface area (Å²) in [6.45, 7) is 3.48. The topological polar surface area (TPSA) is 53.2 Å². The van der Waals surface area contributed by atoms with Crippen LogP contribution < -0.4 is 4.90 Å². The highest BCUT2D eigenvalue weighted by Gasteiger charge is 2.27. The van der Waals surface area contributed by atoms with E-state index in [0.29, 0.717) is 33.2 Å². The summed E-state index contributed by atoms with van der Waals surface area (Å²) in [5.41, 5.74) is 3.90. The molecule has 1 N–H and O–H groups in total. The molecule has 4 rings (SSSR count). The van der Waals surface area contributed by atoms with Gasteiger partial charge in [-0.25, -0.2) is 0 Å². The number of H-pyrrole nitrogens is 1. The van der Waals surface area contributed by atoms with Crippen LogP contribution >= 0.6 is 11.6 Å². The van der Waals surface area contributed by atoms with Crippen LogP contribution in [0.25, 0.3) is 10.9 Å². The Hall–Kier alpha value is -3.37. The van der Waals surface area contributed by atoms with Gasteiger partial charge in [-0.1, -0.05) is 59.6 Å². The highest BCUT2D eigenvalue weighted by Crippen LogP contribution is 2.38. The van der Waals surface area contributed by atoms with E-state index in [-0.39, 0.29) is 11.7 Å². The molecule has 5 heteroatoms. The van der Waals surface area contributed by atoms with E-state index in [1.165, 1.54) is 6.92 Å². The van der Waals surface area contributed by atoms with Gasteiger partial charge in [-0.2, -0.15) is 0 Å². The fourth-order valence-corrected chi connectivity index (χ4v) is 3.62. The van der Waals surface area contributed by atoms with Gasteiger partial charge in [0.05, 0.1) is 5.69 Å². The lowest BCUT2D eigenvalue weighted by Crippen LogP contribution is -2.24. The molecular weight excluding hydrogens is 384 g/mol. The maximum absolute atomic E-state index is 13.3. The number of carbonyl (C=O) groups excluding carboxylic acids is 2. The summed E-state index contributed by atoms with van der Waals surface area (Å²) < 4.78 is 0. The molecular formula is C24H19ClN2O2. The highest BCUT2D eigenvalue weighted by atomic mass is 35.5. The van der Waals surface area contributed by atoms with Gasteiger partial charge in [-0.05, 0) is 37.3 Å². The molecule has 0 spiro atoms. The second-order valence-corrected chi connectivity index (χ2v) is 7.36. The van der Waals surface area contributed by atoms with Crippen LogP contribution in [0.3, 0.4) is 0 Å². The van der Waals surface area contributed by atoms with Crippen molar-refractivity contribution in [3.8, 4) is 0 Å². The molecule has 1 heterocycles. The normalized spacial score (nSPS) is 10.9. The number of ketones is 1. The largest absolute Gasteiger partial charge is 0.350 e. The third kappa shape index (κ3) is 3.55. The van der Waals surface area contributed by atoms with Gasteiger partial charge in [0.15, 0.2) is 0 Å². The maximum atomic E-state index is 13.3. The van der Waals surface area contributed by atoms with Gasteiger partial charge in [0, 0.05) is 34.1 Å². The number of benzene rings is 3. The van der Waals surface area contributed by atoms with Gasteiger partial charge in [-0.3, -0.25) is 14.5 Å². The fraction of sp³-hybridized carbons (Fsp3) is 0.0833. The van der Waals surface area contributed by atoms with E-state index in [2.05, 4.69) is 4.98 Å². The molecule has 0 saturated carbocycles. The third-order valence-corrected chi connectivity index (χ3v) is 5.06. The first-order valence-corrected chi connectivity index (χ1v) is 9.62. The summed E-state index contributed by atoms with van der Waals surface area (Å²) >= 11 is 6.17. The second-order valence-electron chi connectivity index (χ2n) is 6.92. The molecule has 29 heavy (non-hydrogen) atoms. The number of halogens is 1. The molecule has 0 fully saturated rings. The Morgan fingerprint density at radius 3 is 2.28 bits per heavy atom. The zero-order valence-corrected chi connectivity index (χ0v) is 16.8. The van der Waals surface area contributed by atoms with E-state index in [9.17, 15) is 9.59 Å². The van der Waals surface area contributed by atoms with E-state index in [1.54, 1.807) is 29.2 Å². The number of fused-ring (bicyclic) bond motifs is 1. The molecule has 4 nitrogen and oxygen atoms in total. The van der Waals surface area contributed by atoms with Crippen LogP contribution in [0.4, 0.5) is 11.4 Å². The standard InChI is InChI=1S/C24H19ClN2O2/c1-15-8-11-19(12-9-15)27(16(2)28)23-20-13-10-18(25)14-21(20)26-22(23)24(29)17-6-4-3-5-7-17/h3-14,26H,1-2H3. The molecule has 0 aliphatic rings. The number of nitrogens with zero attached hydrogens (tertiary/aromatic N) is 1. The van der Waals surface area contributed by atoms with Crippen LogP contribution in [0.2, 0.25) is 5.02 Å². The first-order valence-electron chi connectivity index (χ1n) is 9.24. The van der Waals surface area contributed by atoms with Crippen molar-refractivity contribution in [2.45, 2.75) is 13.8 Å². The van der Waals surface area contributed by atoms with Gasteiger partial charge in [0.2, 0.25) is 11.7 Å². The third-order valence-electron chi connectivity index (χ3n) is 4.83. The quantitative estimate of drug-likeness (QED) is 0.423. The number of aromatic amines is 1. The number of aryl methyl sites for hydroxylation is 1. The molecule has 0 radical (unpaired) electrons. The molecule has 144 valence electrons. The second kappa shape index (κ2) is 7.57. The Morgan fingerprint density at radius 1 is 0.931 bits per heavy atom. The van der Waals surface area contributed by atoms with E-state index < -0.39 is 0 Å². The molecule has 0 bridgehead atoms. The molecule has 3 aromatic carbocycles. The zero-order valence-electron chi connectivity index (χ0n) is 16.1. The predicted octanol–water partition coefficient (Wildman–Crippen LogP) is 6.05. The molecule has 1 aromatic heterocycles. The van der Waals surface area contributed by atoms with Crippen molar-refractivity contribution in [1.29, 1.82) is 0 Å². The molecule has 1 amide bonds. The van der Waals surface area contributed by atoms with Crippen molar-refractivity contribution in [3.05, 3.63) is 94.6 Å². The zero-order chi connectivity index (χ0) is 20.5. The van der Waals surface area contributed by atoms with Crippen molar-refractivity contribution in [2.24, 2.45) is 0 Å². The minimum atomic E-state index is -0.189. The first-order chi connectivity index (χ1) is 14.0. The van der Waals surface area contributed by atoms with Gasteiger partial charge in [-0.15, -0.1) is 0 Å². The van der Waals surface area contributed by atoms with E-state index >= 15 is 0 Å². The summed E-state index contributed by atoms with van der Waals surface area (Å²) in [5, 5.41) is 1.30. The van der Waals surface area contributed by atoms with Crippen molar-refractivity contribution in [3.63, 3.8) is 0 Å². The molecule has 0 aliphatic carbocycles. The van der Waals surface area contributed by atoms with Crippen molar-refractivity contribution >= 4 is 45.6 Å². The molecule has 0 saturated heterocycles. The van der Waals surface area contributed by atoms with Gasteiger partial charge < -0.3 is 4.98 Å². The molecule has 0 unspecified atom stereocenters. The van der Waals surface area contributed by atoms with Crippen molar-refractivity contribution < 1.29 is 9.59 Å². The van der Waals surface area contributed by atoms with Gasteiger partial charge in [0.25, 0.3) is 0 Å². The average molecular weight is 403 g/mol. The van der Waals surface area contributed by atoms with Crippen LogP contribution in [0.1, 0.15) is 28.5 Å². The molecule has 4 aromatic rings. The molecule has 0 aliphatic heterocycles. The van der Waals surface area contributed by atoms with Crippen LogP contribution in [-0.4, -0.2) is 16.7 Å². The van der Waals surface area contributed by atoms with Crippen LogP contribution in [0, 0.1) is 6.92 Å². The summed E-state index contributed by atoms with van der Waals surface area (Å²) in [4.78, 5) is 30.8. The van der Waals surface area contributed by atoms with Crippen LogP contribution in [0.5, 0.6) is 0 Å². The smallest absolute Gasteiger partial charge is 0.228 e.